The molecule has 2 atom stereocenters. The van der Waals surface area contributed by atoms with Gasteiger partial charge in [-0.3, -0.25) is 9.59 Å². The lowest BCUT2D eigenvalue weighted by Gasteiger charge is -2.18. The lowest BCUT2D eigenvalue weighted by molar-refractivity contribution is -0.120. The fraction of sp³-hybridized carbons (Fsp3) is 0.293. The second kappa shape index (κ2) is 17.4. The van der Waals surface area contributed by atoms with Crippen LogP contribution in [-0.4, -0.2) is 52.7 Å². The molecule has 4 N–H and O–H groups in total. The van der Waals surface area contributed by atoms with Crippen molar-refractivity contribution < 1.29 is 19.4 Å². The predicted molar refractivity (Wildman–Crippen MR) is 197 cm³/mol. The molecule has 2 amide bonds. The molecule has 5 rings (SSSR count). The monoisotopic (exact) mass is 673 g/mol. The van der Waals surface area contributed by atoms with Crippen LogP contribution in [0.15, 0.2) is 103 Å². The third-order valence-electron chi connectivity index (χ3n) is 8.78. The van der Waals surface area contributed by atoms with E-state index in [9.17, 15) is 14.7 Å². The van der Waals surface area contributed by atoms with Gasteiger partial charge in [-0.15, -0.1) is 0 Å². The second-order valence-corrected chi connectivity index (χ2v) is 12.8. The number of carbonyl (C=O) groups is 2. The minimum absolute atomic E-state index is 0.0673. The summed E-state index contributed by atoms with van der Waals surface area (Å²) in [5.41, 5.74) is 7.69. The van der Waals surface area contributed by atoms with Crippen LogP contribution in [0.1, 0.15) is 62.6 Å². The summed E-state index contributed by atoms with van der Waals surface area (Å²) in [4.78, 5) is 29.8. The molecule has 9 nitrogen and oxygen atoms in total. The van der Waals surface area contributed by atoms with Crippen LogP contribution < -0.4 is 20.7 Å². The Morgan fingerprint density at radius 2 is 1.54 bits per heavy atom. The molecule has 0 bridgehead atoms. The highest BCUT2D eigenvalue weighted by Crippen LogP contribution is 2.18. The number of methoxy groups -OCH3 is 1. The molecule has 9 heteroatoms. The van der Waals surface area contributed by atoms with E-state index in [1.165, 1.54) is 0 Å². The van der Waals surface area contributed by atoms with Crippen LogP contribution >= 0.6 is 0 Å². The van der Waals surface area contributed by atoms with Crippen LogP contribution in [-0.2, 0) is 30.6 Å². The maximum absolute atomic E-state index is 12.7. The van der Waals surface area contributed by atoms with E-state index >= 15 is 0 Å². The highest BCUT2D eigenvalue weighted by Gasteiger charge is 2.13. The van der Waals surface area contributed by atoms with Crippen LogP contribution in [0.2, 0.25) is 0 Å². The van der Waals surface area contributed by atoms with E-state index in [2.05, 4.69) is 44.6 Å². The van der Waals surface area contributed by atoms with Crippen molar-refractivity contribution in [3.8, 4) is 11.6 Å². The van der Waals surface area contributed by atoms with Gasteiger partial charge in [-0.25, -0.2) is 4.98 Å². The maximum atomic E-state index is 12.7. The van der Waals surface area contributed by atoms with Crippen LogP contribution in [0.4, 0.5) is 0 Å². The standard InChI is InChI=1S/C41H47N5O4/c1-28(43-27-38(47)36-18-19-39(44-26-36)46-29(2)8-9-30(46)3)22-32-10-12-33(13-11-32)24-40(48)45-25-34-14-16-35(17-15-34)41(49)42-21-20-31-6-5-7-37(23-31)50-4/h5-19,23,26,28,38,43,47H,20-22,24-25,27H2,1-4H3,(H,42,49)(H,45,48)/t28?,38-/m1/s1. The Kier molecular flexibility index (Phi) is 12.6. The lowest BCUT2D eigenvalue weighted by Crippen LogP contribution is -2.32. The van der Waals surface area contributed by atoms with E-state index in [1.54, 1.807) is 25.4 Å². The Hall–Kier alpha value is -5.25. The van der Waals surface area contributed by atoms with Crippen molar-refractivity contribution in [2.24, 2.45) is 0 Å². The summed E-state index contributed by atoms with van der Waals surface area (Å²) in [6.07, 6.45) is 2.86. The van der Waals surface area contributed by atoms with Crippen LogP contribution in [0.25, 0.3) is 5.82 Å². The van der Waals surface area contributed by atoms with Gasteiger partial charge >= 0.3 is 0 Å². The number of aliphatic hydroxyl groups excluding tert-OH is 1. The summed E-state index contributed by atoms with van der Waals surface area (Å²) >= 11 is 0. The molecule has 0 fully saturated rings. The first kappa shape index (κ1) is 36.0. The number of benzene rings is 3. The van der Waals surface area contributed by atoms with Gasteiger partial charge in [0.2, 0.25) is 5.91 Å². The van der Waals surface area contributed by atoms with Gasteiger partial charge < -0.3 is 30.4 Å². The van der Waals surface area contributed by atoms with Gasteiger partial charge in [-0.05, 0) is 98.3 Å². The number of hydrogen-bond acceptors (Lipinski definition) is 6. The first-order chi connectivity index (χ1) is 24.2. The fourth-order valence-corrected chi connectivity index (χ4v) is 5.88. The Morgan fingerprint density at radius 1 is 0.840 bits per heavy atom. The predicted octanol–water partition coefficient (Wildman–Crippen LogP) is 5.58. The minimum atomic E-state index is -0.662. The number of aliphatic hydroxyl groups is 1. The van der Waals surface area contributed by atoms with Crippen molar-refractivity contribution in [3.63, 3.8) is 0 Å². The van der Waals surface area contributed by atoms with Gasteiger partial charge in [0.05, 0.1) is 19.6 Å². The Labute approximate surface area is 294 Å². The van der Waals surface area contributed by atoms with E-state index < -0.39 is 6.10 Å². The van der Waals surface area contributed by atoms with Gasteiger partial charge in [0, 0.05) is 54.4 Å². The largest absolute Gasteiger partial charge is 0.497 e. The molecule has 3 aromatic carbocycles. The number of nitrogens with one attached hydrogen (secondary N) is 3. The molecule has 0 aliphatic rings. The van der Waals surface area contributed by atoms with E-state index in [1.807, 2.05) is 86.6 Å². The Bertz CT molecular complexity index is 1830. The molecule has 0 spiro atoms. The average Bonchev–Trinajstić information content (AvgIpc) is 3.47. The van der Waals surface area contributed by atoms with E-state index in [0.717, 1.165) is 57.2 Å². The summed E-state index contributed by atoms with van der Waals surface area (Å²) < 4.78 is 7.34. The van der Waals surface area contributed by atoms with Gasteiger partial charge in [0.25, 0.3) is 5.91 Å². The van der Waals surface area contributed by atoms with Crippen LogP contribution in [0.5, 0.6) is 5.75 Å². The summed E-state index contributed by atoms with van der Waals surface area (Å²) in [7, 11) is 1.64. The zero-order valence-corrected chi connectivity index (χ0v) is 29.3. The molecular weight excluding hydrogens is 626 g/mol. The molecule has 0 radical (unpaired) electrons. The third kappa shape index (κ3) is 10.1. The molecule has 260 valence electrons. The smallest absolute Gasteiger partial charge is 0.251 e. The molecule has 0 aliphatic carbocycles. The van der Waals surface area contributed by atoms with Crippen LogP contribution in [0, 0.1) is 13.8 Å². The number of ether oxygens (including phenoxy) is 1. The first-order valence-corrected chi connectivity index (χ1v) is 17.1. The number of aromatic nitrogens is 2. The van der Waals surface area contributed by atoms with Crippen molar-refractivity contribution in [1.82, 2.24) is 25.5 Å². The summed E-state index contributed by atoms with van der Waals surface area (Å²) in [6, 6.07) is 31.3. The van der Waals surface area contributed by atoms with Gasteiger partial charge in [0.1, 0.15) is 11.6 Å². The van der Waals surface area contributed by atoms with Crippen LogP contribution in [0.3, 0.4) is 0 Å². The van der Waals surface area contributed by atoms with E-state index in [0.29, 0.717) is 31.6 Å². The SMILES string of the molecule is COc1cccc(CCNC(=O)c2ccc(CNC(=O)Cc3ccc(CC(C)NC[C@@H](O)c4ccc(-n5c(C)ccc5C)nc4)cc3)cc2)c1. The molecule has 0 aliphatic heterocycles. The maximum Gasteiger partial charge on any atom is 0.251 e. The topological polar surface area (TPSA) is 118 Å². The zero-order valence-electron chi connectivity index (χ0n) is 29.3. The number of rotatable bonds is 16. The molecule has 0 saturated carbocycles. The van der Waals surface area contributed by atoms with Crippen molar-refractivity contribution in [3.05, 3.63) is 148 Å². The van der Waals surface area contributed by atoms with Crippen molar-refractivity contribution in [2.45, 2.75) is 58.7 Å². The first-order valence-electron chi connectivity index (χ1n) is 17.1. The number of carbonyl (C=O) groups excluding carboxylic acids is 2. The molecule has 0 saturated heterocycles. The lowest BCUT2D eigenvalue weighted by atomic mass is 10.0. The third-order valence-corrected chi connectivity index (χ3v) is 8.78. The van der Waals surface area contributed by atoms with Crippen molar-refractivity contribution in [2.75, 3.05) is 20.2 Å². The molecule has 2 aromatic heterocycles. The quantitative estimate of drug-likeness (QED) is 0.109. The van der Waals surface area contributed by atoms with Gasteiger partial charge in [-0.2, -0.15) is 0 Å². The molecule has 1 unspecified atom stereocenters. The normalized spacial score (nSPS) is 12.3. The number of hydrogen-bond donors (Lipinski definition) is 4. The summed E-state index contributed by atoms with van der Waals surface area (Å²) in [5.74, 6) is 1.44. The highest BCUT2D eigenvalue weighted by atomic mass is 16.5. The van der Waals surface area contributed by atoms with E-state index in [-0.39, 0.29) is 24.3 Å². The summed E-state index contributed by atoms with van der Waals surface area (Å²) in [6.45, 7) is 7.52. The number of nitrogens with zero attached hydrogens (tertiary/aromatic N) is 2. The Balaban J connectivity index is 0.994. The van der Waals surface area contributed by atoms with Gasteiger partial charge in [-0.1, -0.05) is 54.6 Å². The molecule has 2 heterocycles. The number of aryl methyl sites for hydroxylation is 2. The van der Waals surface area contributed by atoms with Crippen molar-refractivity contribution in [1.29, 1.82) is 0 Å². The minimum Gasteiger partial charge on any atom is -0.497 e. The number of pyridine rings is 1. The number of amides is 2. The molecule has 50 heavy (non-hydrogen) atoms. The summed E-state index contributed by atoms with van der Waals surface area (Å²) in [5, 5.41) is 20.1. The van der Waals surface area contributed by atoms with Crippen molar-refractivity contribution >= 4 is 11.8 Å². The molecule has 5 aromatic rings. The Morgan fingerprint density at radius 3 is 2.22 bits per heavy atom. The van der Waals surface area contributed by atoms with E-state index in [4.69, 9.17) is 4.74 Å². The van der Waals surface area contributed by atoms with Gasteiger partial charge in [0.15, 0.2) is 0 Å². The molecular formula is C41H47N5O4. The highest BCUT2D eigenvalue weighted by molar-refractivity contribution is 5.94. The zero-order chi connectivity index (χ0) is 35.5. The average molecular weight is 674 g/mol. The fourth-order valence-electron chi connectivity index (χ4n) is 5.88. The second-order valence-electron chi connectivity index (χ2n) is 12.8.